The van der Waals surface area contributed by atoms with Gasteiger partial charge in [0, 0.05) is 0 Å². The van der Waals surface area contributed by atoms with E-state index in [1.54, 1.807) is 0 Å². The Labute approximate surface area is 65.7 Å². The number of hydrogen-bond acceptors (Lipinski definition) is 2. The van der Waals surface area contributed by atoms with E-state index in [2.05, 4.69) is 9.63 Å². The Morgan fingerprint density at radius 2 is 2.10 bits per heavy atom. The van der Waals surface area contributed by atoms with Gasteiger partial charge in [0.25, 0.3) is 0 Å². The van der Waals surface area contributed by atoms with Gasteiger partial charge in [0.1, 0.15) is 5.69 Å². The summed E-state index contributed by atoms with van der Waals surface area (Å²) < 4.78 is 3.87. The lowest BCUT2D eigenvalue weighted by atomic mass is 10.3. The molecular formula is C6H4N2S2. The molecule has 0 N–H and O–H groups in total. The van der Waals surface area contributed by atoms with Crippen LogP contribution < -0.4 is 0 Å². The van der Waals surface area contributed by atoms with Crippen molar-refractivity contribution in [1.82, 2.24) is 0 Å². The smallest absolute Gasteiger partial charge is 0.102 e. The van der Waals surface area contributed by atoms with E-state index in [-0.39, 0.29) is 0 Å². The molecule has 0 bridgehead atoms. The Hall–Kier alpha value is -0.610. The third-order valence-corrected chi connectivity index (χ3v) is 2.97. The van der Waals surface area contributed by atoms with Gasteiger partial charge >= 0.3 is 0 Å². The number of rotatable bonds is 0. The average molecular weight is 168 g/mol. The number of nitrogens with zero attached hydrogens (tertiary/aromatic N) is 2. The highest BCUT2D eigenvalue weighted by Gasteiger charge is 2.09. The van der Waals surface area contributed by atoms with Gasteiger partial charge in [-0.3, -0.25) is 0 Å². The molecule has 2 nitrogen and oxygen atoms in total. The van der Waals surface area contributed by atoms with Gasteiger partial charge in [-0.05, 0) is 23.3 Å². The third-order valence-electron chi connectivity index (χ3n) is 1.28. The van der Waals surface area contributed by atoms with Crippen molar-refractivity contribution in [1.29, 1.82) is 0 Å². The van der Waals surface area contributed by atoms with Gasteiger partial charge in [0.15, 0.2) is 0 Å². The summed E-state index contributed by atoms with van der Waals surface area (Å²) in [6.45, 7) is 0. The fourth-order valence-corrected chi connectivity index (χ4v) is 2.07. The molecule has 1 aromatic carbocycles. The monoisotopic (exact) mass is 168 g/mol. The fraction of sp³-hybridized carbons (Fsp3) is 0. The van der Waals surface area contributed by atoms with Crippen molar-refractivity contribution in [3.8, 4) is 0 Å². The van der Waals surface area contributed by atoms with Crippen molar-refractivity contribution in [2.24, 2.45) is 9.63 Å². The normalized spacial score (nSPS) is 21.0. The lowest BCUT2D eigenvalue weighted by Crippen LogP contribution is -1.76. The molecular weight excluding hydrogens is 164 g/mol. The first-order valence-electron chi connectivity index (χ1n) is 2.80. The van der Waals surface area contributed by atoms with E-state index < -0.39 is 9.64 Å². The lowest BCUT2D eigenvalue weighted by molar-refractivity contribution is 1.33. The topological polar surface area (TPSA) is 24.7 Å². The Morgan fingerprint density at radius 1 is 1.30 bits per heavy atom. The van der Waals surface area contributed by atoms with Crippen LogP contribution in [0.3, 0.4) is 0 Å². The van der Waals surface area contributed by atoms with Crippen LogP contribution in [0.4, 0.5) is 5.69 Å². The summed E-state index contributed by atoms with van der Waals surface area (Å²) in [7, 11) is -0.406. The van der Waals surface area contributed by atoms with E-state index in [4.69, 9.17) is 11.2 Å². The van der Waals surface area contributed by atoms with Gasteiger partial charge in [-0.15, -0.1) is 9.63 Å². The second-order valence-electron chi connectivity index (χ2n) is 1.90. The standard InChI is InChI=1S/C6H4N2S2/c9-10-6-4-2-1-3-5(6)7-8-10/h1-4H. The lowest BCUT2D eigenvalue weighted by Gasteiger charge is -1.90. The molecule has 0 saturated carbocycles. The van der Waals surface area contributed by atoms with Crippen LogP contribution >= 0.6 is 0 Å². The zero-order chi connectivity index (χ0) is 6.97. The van der Waals surface area contributed by atoms with Crippen LogP contribution in [0, 0.1) is 0 Å². The fourth-order valence-electron chi connectivity index (χ4n) is 0.812. The largest absolute Gasteiger partial charge is 0.142 e. The van der Waals surface area contributed by atoms with Gasteiger partial charge in [-0.1, -0.05) is 12.1 Å². The Balaban J connectivity index is 2.70. The van der Waals surface area contributed by atoms with Crippen molar-refractivity contribution < 1.29 is 0 Å². The number of fused-ring (bicyclic) bond motifs is 1. The summed E-state index contributed by atoms with van der Waals surface area (Å²) in [6, 6.07) is 7.81. The van der Waals surface area contributed by atoms with E-state index >= 15 is 0 Å². The minimum atomic E-state index is -0.406. The number of benzene rings is 1. The molecule has 0 aromatic heterocycles. The molecule has 1 unspecified atom stereocenters. The molecule has 0 saturated heterocycles. The van der Waals surface area contributed by atoms with Crippen LogP contribution in [0.1, 0.15) is 0 Å². The summed E-state index contributed by atoms with van der Waals surface area (Å²) >= 11 is 5.02. The van der Waals surface area contributed by atoms with Crippen LogP contribution in [0.15, 0.2) is 38.8 Å². The van der Waals surface area contributed by atoms with E-state index in [0.29, 0.717) is 0 Å². The second-order valence-corrected chi connectivity index (χ2v) is 3.95. The molecule has 4 heteroatoms. The minimum absolute atomic E-state index is 0.406. The summed E-state index contributed by atoms with van der Waals surface area (Å²) in [5.74, 6) is 0. The molecule has 0 radical (unpaired) electrons. The summed E-state index contributed by atoms with van der Waals surface area (Å²) in [5, 5.41) is 3.91. The van der Waals surface area contributed by atoms with Crippen LogP contribution in [0.2, 0.25) is 0 Å². The molecule has 0 amide bonds. The Bertz CT molecular complexity index is 319. The minimum Gasteiger partial charge on any atom is -0.142 e. The summed E-state index contributed by atoms with van der Waals surface area (Å²) in [6.07, 6.45) is 0. The second kappa shape index (κ2) is 2.21. The van der Waals surface area contributed by atoms with Gasteiger partial charge in [0.2, 0.25) is 0 Å². The molecule has 1 atom stereocenters. The zero-order valence-corrected chi connectivity index (χ0v) is 6.65. The Morgan fingerprint density at radius 3 is 2.90 bits per heavy atom. The van der Waals surface area contributed by atoms with Crippen LogP contribution in [-0.2, 0) is 20.8 Å². The maximum Gasteiger partial charge on any atom is 0.102 e. The maximum absolute atomic E-state index is 5.02. The molecule has 1 heterocycles. The SMILES string of the molecule is S=S1N=Nc2ccccc21. The van der Waals surface area contributed by atoms with Crippen LogP contribution in [0.25, 0.3) is 0 Å². The van der Waals surface area contributed by atoms with E-state index in [0.717, 1.165) is 10.6 Å². The first-order chi connectivity index (χ1) is 4.88. The molecule has 1 aliphatic rings. The molecule has 50 valence electrons. The van der Waals surface area contributed by atoms with E-state index in [1.165, 1.54) is 0 Å². The first-order valence-corrected chi connectivity index (χ1v) is 4.91. The highest BCUT2D eigenvalue weighted by atomic mass is 32.8. The highest BCUT2D eigenvalue weighted by Crippen LogP contribution is 2.29. The number of hydrogen-bond donors (Lipinski definition) is 0. The Kier molecular flexibility index (Phi) is 1.35. The maximum atomic E-state index is 5.02. The summed E-state index contributed by atoms with van der Waals surface area (Å²) in [4.78, 5) is 1.08. The first kappa shape index (κ1) is 6.12. The molecule has 1 aromatic rings. The summed E-state index contributed by atoms with van der Waals surface area (Å²) in [5.41, 5.74) is 0.931. The van der Waals surface area contributed by atoms with Gasteiger partial charge in [-0.25, -0.2) is 0 Å². The van der Waals surface area contributed by atoms with Crippen LogP contribution in [-0.4, -0.2) is 0 Å². The highest BCUT2D eigenvalue weighted by molar-refractivity contribution is 8.28. The van der Waals surface area contributed by atoms with Crippen LogP contribution in [0.5, 0.6) is 0 Å². The molecule has 10 heavy (non-hydrogen) atoms. The average Bonchev–Trinajstić information content (AvgIpc) is 2.34. The van der Waals surface area contributed by atoms with Crippen molar-refractivity contribution in [2.75, 3.05) is 0 Å². The molecule has 1 aliphatic heterocycles. The van der Waals surface area contributed by atoms with Crippen molar-refractivity contribution >= 4 is 26.5 Å². The molecule has 0 spiro atoms. The third kappa shape index (κ3) is 0.803. The van der Waals surface area contributed by atoms with E-state index in [9.17, 15) is 0 Å². The predicted molar refractivity (Wildman–Crippen MR) is 44.0 cm³/mol. The molecule has 2 rings (SSSR count). The van der Waals surface area contributed by atoms with Gasteiger partial charge in [0.05, 0.1) is 14.5 Å². The van der Waals surface area contributed by atoms with E-state index in [1.807, 2.05) is 24.3 Å². The predicted octanol–water partition coefficient (Wildman–Crippen LogP) is 2.14. The molecule has 0 aliphatic carbocycles. The van der Waals surface area contributed by atoms with Gasteiger partial charge < -0.3 is 0 Å². The van der Waals surface area contributed by atoms with Crippen molar-refractivity contribution in [2.45, 2.75) is 4.90 Å². The van der Waals surface area contributed by atoms with Gasteiger partial charge in [-0.2, -0.15) is 0 Å². The zero-order valence-electron chi connectivity index (χ0n) is 5.02. The van der Waals surface area contributed by atoms with Crippen molar-refractivity contribution in [3.63, 3.8) is 0 Å². The quantitative estimate of drug-likeness (QED) is 0.582. The van der Waals surface area contributed by atoms with Crippen molar-refractivity contribution in [3.05, 3.63) is 24.3 Å². The molecule has 0 fully saturated rings.